The molecule has 1 atom stereocenters. The third kappa shape index (κ3) is 4.95. The van der Waals surface area contributed by atoms with E-state index in [1.807, 2.05) is 13.8 Å². The molecule has 0 spiro atoms. The minimum absolute atomic E-state index is 0.0459. The van der Waals surface area contributed by atoms with Crippen molar-refractivity contribution in [3.8, 4) is 23.0 Å². The highest BCUT2D eigenvalue weighted by Crippen LogP contribution is 2.45. The van der Waals surface area contributed by atoms with E-state index in [4.69, 9.17) is 14.2 Å². The summed E-state index contributed by atoms with van der Waals surface area (Å²) >= 11 is 0. The van der Waals surface area contributed by atoms with Gasteiger partial charge in [0, 0.05) is 5.69 Å². The van der Waals surface area contributed by atoms with Crippen LogP contribution >= 0.6 is 0 Å². The monoisotopic (exact) mass is 503 g/mol. The van der Waals surface area contributed by atoms with Crippen molar-refractivity contribution < 1.29 is 34.0 Å². The van der Waals surface area contributed by atoms with Crippen LogP contribution in [0.15, 0.2) is 72.3 Å². The molecule has 1 amide bonds. The SMILES string of the molecule is COc1cccc(OC)c1/C(O)=C1\C(=O)C(=O)N(c2ccc(OCC(C)C)cc2)C1c1cccc(O)c1. The average Bonchev–Trinajstić information content (AvgIpc) is 3.17. The van der Waals surface area contributed by atoms with Crippen LogP contribution in [0.3, 0.4) is 0 Å². The summed E-state index contributed by atoms with van der Waals surface area (Å²) in [6.07, 6.45) is 0. The molecule has 1 heterocycles. The number of anilines is 1. The van der Waals surface area contributed by atoms with Gasteiger partial charge in [0.05, 0.1) is 32.4 Å². The van der Waals surface area contributed by atoms with Gasteiger partial charge in [0.1, 0.15) is 34.3 Å². The van der Waals surface area contributed by atoms with Gasteiger partial charge >= 0.3 is 0 Å². The first-order valence-corrected chi connectivity index (χ1v) is 11.8. The van der Waals surface area contributed by atoms with E-state index in [0.29, 0.717) is 29.5 Å². The van der Waals surface area contributed by atoms with E-state index in [2.05, 4.69) is 0 Å². The Morgan fingerprint density at radius 3 is 2.14 bits per heavy atom. The van der Waals surface area contributed by atoms with E-state index in [-0.39, 0.29) is 28.4 Å². The molecule has 0 bridgehead atoms. The zero-order chi connectivity index (χ0) is 26.7. The molecule has 0 saturated carbocycles. The molecule has 1 aliphatic rings. The second-order valence-electron chi connectivity index (χ2n) is 9.00. The summed E-state index contributed by atoms with van der Waals surface area (Å²) in [7, 11) is 2.86. The molecule has 0 radical (unpaired) electrons. The van der Waals surface area contributed by atoms with E-state index in [9.17, 15) is 19.8 Å². The molecular weight excluding hydrogens is 474 g/mol. The maximum absolute atomic E-state index is 13.4. The Bertz CT molecular complexity index is 1320. The van der Waals surface area contributed by atoms with Gasteiger partial charge in [-0.25, -0.2) is 0 Å². The van der Waals surface area contributed by atoms with E-state index in [0.717, 1.165) is 0 Å². The zero-order valence-electron chi connectivity index (χ0n) is 21.1. The number of nitrogens with zero attached hydrogens (tertiary/aromatic N) is 1. The second kappa shape index (κ2) is 10.7. The van der Waals surface area contributed by atoms with Gasteiger partial charge in [0.25, 0.3) is 11.7 Å². The number of carbonyl (C=O) groups excluding carboxylic acids is 2. The summed E-state index contributed by atoms with van der Waals surface area (Å²) in [4.78, 5) is 28.1. The van der Waals surface area contributed by atoms with Gasteiger partial charge in [-0.15, -0.1) is 0 Å². The zero-order valence-corrected chi connectivity index (χ0v) is 21.1. The molecule has 1 unspecified atom stereocenters. The molecule has 1 aliphatic heterocycles. The third-order valence-corrected chi connectivity index (χ3v) is 5.99. The first-order valence-electron chi connectivity index (χ1n) is 11.8. The van der Waals surface area contributed by atoms with E-state index in [1.165, 1.54) is 31.3 Å². The van der Waals surface area contributed by atoms with Crippen LogP contribution in [0.5, 0.6) is 23.0 Å². The summed E-state index contributed by atoms with van der Waals surface area (Å²) in [5, 5.41) is 21.7. The van der Waals surface area contributed by atoms with Crippen molar-refractivity contribution in [2.45, 2.75) is 19.9 Å². The number of phenols is 1. The quantitative estimate of drug-likeness (QED) is 0.251. The molecule has 4 rings (SSSR count). The summed E-state index contributed by atoms with van der Waals surface area (Å²) in [5.41, 5.74) is 0.861. The van der Waals surface area contributed by atoms with Gasteiger partial charge in [-0.2, -0.15) is 0 Å². The number of hydrogen-bond donors (Lipinski definition) is 2. The van der Waals surface area contributed by atoms with Crippen LogP contribution < -0.4 is 19.1 Å². The van der Waals surface area contributed by atoms with Gasteiger partial charge in [0.15, 0.2) is 0 Å². The lowest BCUT2D eigenvalue weighted by Crippen LogP contribution is -2.29. The van der Waals surface area contributed by atoms with Gasteiger partial charge < -0.3 is 24.4 Å². The minimum atomic E-state index is -1.02. The highest BCUT2D eigenvalue weighted by molar-refractivity contribution is 6.51. The lowest BCUT2D eigenvalue weighted by atomic mass is 9.94. The lowest BCUT2D eigenvalue weighted by molar-refractivity contribution is -0.132. The van der Waals surface area contributed by atoms with E-state index in [1.54, 1.807) is 54.6 Å². The summed E-state index contributed by atoms with van der Waals surface area (Å²) in [6.45, 7) is 4.62. The number of ether oxygens (including phenoxy) is 3. The van der Waals surface area contributed by atoms with Gasteiger partial charge in [-0.3, -0.25) is 14.5 Å². The van der Waals surface area contributed by atoms with Crippen molar-refractivity contribution in [1.82, 2.24) is 0 Å². The maximum atomic E-state index is 13.4. The van der Waals surface area contributed by atoms with E-state index < -0.39 is 23.5 Å². The van der Waals surface area contributed by atoms with Gasteiger partial charge in [-0.1, -0.05) is 32.0 Å². The van der Waals surface area contributed by atoms with Crippen molar-refractivity contribution in [3.05, 3.63) is 83.4 Å². The molecule has 1 saturated heterocycles. The Morgan fingerprint density at radius 1 is 0.946 bits per heavy atom. The van der Waals surface area contributed by atoms with Gasteiger partial charge in [0.2, 0.25) is 0 Å². The predicted molar refractivity (Wildman–Crippen MR) is 139 cm³/mol. The number of rotatable bonds is 8. The number of aliphatic hydroxyl groups excluding tert-OH is 1. The van der Waals surface area contributed by atoms with Crippen molar-refractivity contribution in [3.63, 3.8) is 0 Å². The van der Waals surface area contributed by atoms with Crippen LogP contribution in [0.2, 0.25) is 0 Å². The molecular formula is C29H29NO7. The lowest BCUT2D eigenvalue weighted by Gasteiger charge is -2.26. The first-order chi connectivity index (χ1) is 17.8. The molecule has 0 aromatic heterocycles. The largest absolute Gasteiger partial charge is 0.508 e. The van der Waals surface area contributed by atoms with Crippen molar-refractivity contribution in [2.75, 3.05) is 25.7 Å². The number of hydrogen-bond acceptors (Lipinski definition) is 7. The smallest absolute Gasteiger partial charge is 0.300 e. The fourth-order valence-corrected chi connectivity index (χ4v) is 4.29. The fourth-order valence-electron chi connectivity index (χ4n) is 4.29. The minimum Gasteiger partial charge on any atom is -0.508 e. The molecule has 8 heteroatoms. The van der Waals surface area contributed by atoms with Crippen LogP contribution in [0, 0.1) is 5.92 Å². The number of phenolic OH excluding ortho intramolecular Hbond substituents is 1. The molecule has 0 aliphatic carbocycles. The summed E-state index contributed by atoms with van der Waals surface area (Å²) < 4.78 is 16.6. The van der Waals surface area contributed by atoms with Crippen LogP contribution in [0.1, 0.15) is 31.0 Å². The van der Waals surface area contributed by atoms with Crippen LogP contribution in [-0.4, -0.2) is 42.7 Å². The molecule has 1 fully saturated rings. The molecule has 37 heavy (non-hydrogen) atoms. The van der Waals surface area contributed by atoms with Gasteiger partial charge in [-0.05, 0) is 60.0 Å². The Hall–Kier alpha value is -4.46. The fraction of sp³-hybridized carbons (Fsp3) is 0.241. The maximum Gasteiger partial charge on any atom is 0.300 e. The Morgan fingerprint density at radius 2 is 1.57 bits per heavy atom. The van der Waals surface area contributed by atoms with Crippen molar-refractivity contribution in [1.29, 1.82) is 0 Å². The molecule has 192 valence electrons. The third-order valence-electron chi connectivity index (χ3n) is 5.99. The van der Waals surface area contributed by atoms with Crippen LogP contribution in [0.4, 0.5) is 5.69 Å². The number of carbonyl (C=O) groups is 2. The number of ketones is 1. The Balaban J connectivity index is 1.90. The molecule has 2 N–H and O–H groups in total. The Kier molecular flexibility index (Phi) is 7.38. The summed E-state index contributed by atoms with van der Waals surface area (Å²) in [6, 6.07) is 16.9. The number of aliphatic hydroxyl groups is 1. The predicted octanol–water partition coefficient (Wildman–Crippen LogP) is 5.07. The number of methoxy groups -OCH3 is 2. The number of benzene rings is 3. The summed E-state index contributed by atoms with van der Waals surface area (Å²) in [5.74, 6) is -0.681. The highest BCUT2D eigenvalue weighted by Gasteiger charge is 2.47. The number of amides is 1. The Labute approximate surface area is 215 Å². The standard InChI is InChI=1S/C29H29NO7/c1-17(2)16-37-21-13-11-19(12-14-21)30-26(18-7-5-8-20(31)15-18)25(28(33)29(30)34)27(32)24-22(35-3)9-6-10-23(24)36-4/h5-15,17,26,31-32H,16H2,1-4H3/b27-25+. The average molecular weight is 504 g/mol. The number of Topliss-reactive ketones (excluding diaryl/α,β-unsaturated/α-hetero) is 1. The van der Waals surface area contributed by atoms with Crippen LogP contribution in [0.25, 0.3) is 5.76 Å². The van der Waals surface area contributed by atoms with Crippen molar-refractivity contribution >= 4 is 23.1 Å². The van der Waals surface area contributed by atoms with Crippen LogP contribution in [-0.2, 0) is 9.59 Å². The van der Waals surface area contributed by atoms with E-state index >= 15 is 0 Å². The number of aromatic hydroxyl groups is 1. The molecule has 3 aromatic carbocycles. The topological polar surface area (TPSA) is 106 Å². The highest BCUT2D eigenvalue weighted by atomic mass is 16.5. The molecule has 3 aromatic rings. The second-order valence-corrected chi connectivity index (χ2v) is 9.00. The molecule has 8 nitrogen and oxygen atoms in total. The van der Waals surface area contributed by atoms with Crippen molar-refractivity contribution in [2.24, 2.45) is 5.92 Å². The normalized spacial score (nSPS) is 16.8. The first kappa shape index (κ1) is 25.6.